The summed E-state index contributed by atoms with van der Waals surface area (Å²) in [6.45, 7) is 0. The molecule has 3 aromatic rings. The normalized spacial score (nSPS) is 10.3. The first-order valence-electron chi connectivity index (χ1n) is 8.85. The first-order chi connectivity index (χ1) is 15.7. The van der Waals surface area contributed by atoms with Crippen LogP contribution in [-0.4, -0.2) is 33.0 Å². The highest BCUT2D eigenvalue weighted by atomic mass is 35.5. The lowest BCUT2D eigenvalue weighted by Gasteiger charge is -2.10. The molecule has 33 heavy (non-hydrogen) atoms. The molecule has 0 atom stereocenters. The van der Waals surface area contributed by atoms with Gasteiger partial charge in [0, 0.05) is 0 Å². The quantitative estimate of drug-likeness (QED) is 0.290. The number of rotatable bonds is 6. The van der Waals surface area contributed by atoms with Crippen molar-refractivity contribution in [1.29, 1.82) is 10.5 Å². The van der Waals surface area contributed by atoms with E-state index in [1.54, 1.807) is 0 Å². The second-order valence-electron chi connectivity index (χ2n) is 6.38. The summed E-state index contributed by atoms with van der Waals surface area (Å²) >= 11 is 6.84. The average Bonchev–Trinajstić information content (AvgIpc) is 3.10. The number of aromatic amines is 1. The summed E-state index contributed by atoms with van der Waals surface area (Å²) in [6, 6.07) is 7.55. The number of nitrogens with one attached hydrogen (secondary N) is 2. The van der Waals surface area contributed by atoms with E-state index in [1.165, 1.54) is 29.9 Å². The molecule has 0 aliphatic rings. The zero-order valence-corrected chi connectivity index (χ0v) is 18.2. The van der Waals surface area contributed by atoms with E-state index in [0.29, 0.717) is 0 Å². The molecule has 2 heterocycles. The van der Waals surface area contributed by atoms with Crippen LogP contribution in [0.2, 0.25) is 5.02 Å². The number of hydrogen-bond donors (Lipinski definition) is 4. The maximum Gasteiger partial charge on any atom is 0.435 e. The van der Waals surface area contributed by atoms with E-state index in [9.17, 15) is 24.9 Å². The smallest absolute Gasteiger partial charge is 0.435 e. The standard InChI is InChI=1S/C19H12ClN7O5S/c1-27-15(19(31)32-26-27)14-9(5-21)16(23)25-17(10(14)6-22)33-7-13(28)24-12-4-8(18(29)30)2-3-11(12)20/h2-4H,7H2,1H3,(H4-,23,24,25,26,28,29,30,31)/p+1. The van der Waals surface area contributed by atoms with Gasteiger partial charge in [-0.05, 0) is 23.5 Å². The van der Waals surface area contributed by atoms with Crippen molar-refractivity contribution in [2.45, 2.75) is 5.03 Å². The Kier molecular flexibility index (Phi) is 6.67. The Bertz CT molecular complexity index is 1430. The number of nitrogens with two attached hydrogens (primary N) is 1. The highest BCUT2D eigenvalue weighted by Crippen LogP contribution is 2.33. The van der Waals surface area contributed by atoms with Crippen molar-refractivity contribution in [2.24, 2.45) is 7.05 Å². The second kappa shape index (κ2) is 9.44. The van der Waals surface area contributed by atoms with Gasteiger partial charge in [0.05, 0.1) is 27.6 Å². The maximum atomic E-state index is 12.4. The van der Waals surface area contributed by atoms with E-state index in [1.807, 2.05) is 12.1 Å². The number of aryl methyl sites for hydroxylation is 1. The van der Waals surface area contributed by atoms with E-state index in [0.717, 1.165) is 11.8 Å². The fourth-order valence-electron chi connectivity index (χ4n) is 2.82. The van der Waals surface area contributed by atoms with Gasteiger partial charge in [0.2, 0.25) is 5.91 Å². The number of aromatic nitrogens is 3. The number of anilines is 2. The molecule has 0 saturated carbocycles. The number of amides is 1. The summed E-state index contributed by atoms with van der Waals surface area (Å²) in [5, 5.41) is 33.2. The summed E-state index contributed by atoms with van der Waals surface area (Å²) in [6.07, 6.45) is 0. The third kappa shape index (κ3) is 4.64. The summed E-state index contributed by atoms with van der Waals surface area (Å²) in [7, 11) is 1.44. The lowest BCUT2D eigenvalue weighted by Crippen LogP contribution is -2.34. The van der Waals surface area contributed by atoms with Crippen molar-refractivity contribution in [1.82, 2.24) is 10.3 Å². The van der Waals surface area contributed by atoms with Gasteiger partial charge in [0.1, 0.15) is 34.1 Å². The number of nitriles is 2. The molecule has 166 valence electrons. The van der Waals surface area contributed by atoms with Gasteiger partial charge < -0.3 is 16.2 Å². The van der Waals surface area contributed by atoms with Crippen molar-refractivity contribution in [3.8, 4) is 23.4 Å². The molecule has 0 aliphatic heterocycles. The Hall–Kier alpha value is -4.33. The lowest BCUT2D eigenvalue weighted by molar-refractivity contribution is -0.730. The van der Waals surface area contributed by atoms with Crippen molar-refractivity contribution < 1.29 is 23.9 Å². The summed E-state index contributed by atoms with van der Waals surface area (Å²) < 4.78 is 5.89. The van der Waals surface area contributed by atoms with Gasteiger partial charge in [-0.15, -0.1) is 0 Å². The van der Waals surface area contributed by atoms with Crippen molar-refractivity contribution >= 4 is 46.7 Å². The molecule has 5 N–H and O–H groups in total. The van der Waals surface area contributed by atoms with E-state index < -0.39 is 17.5 Å². The number of halogens is 1. The zero-order valence-electron chi connectivity index (χ0n) is 16.7. The molecular weight excluding hydrogens is 474 g/mol. The molecular formula is C19H13ClN7O5S+. The number of benzene rings is 1. The monoisotopic (exact) mass is 486 g/mol. The molecule has 0 radical (unpaired) electrons. The van der Waals surface area contributed by atoms with Crippen LogP contribution in [0.15, 0.2) is 32.5 Å². The number of pyridine rings is 1. The van der Waals surface area contributed by atoms with Crippen molar-refractivity contribution in [2.75, 3.05) is 16.8 Å². The van der Waals surface area contributed by atoms with Crippen LogP contribution in [0.4, 0.5) is 11.5 Å². The maximum absolute atomic E-state index is 12.4. The van der Waals surface area contributed by atoms with Gasteiger partial charge >= 0.3 is 17.3 Å². The van der Waals surface area contributed by atoms with Gasteiger partial charge in [-0.25, -0.2) is 14.6 Å². The SMILES string of the molecule is C[n+]1[nH]oc(=O)c1-c1c(C#N)c(N)nc(SCC(=O)Nc2cc(C(=O)O)ccc2Cl)c1C#N. The van der Waals surface area contributed by atoms with E-state index in [-0.39, 0.29) is 55.3 Å². The average molecular weight is 487 g/mol. The molecule has 1 aromatic carbocycles. The van der Waals surface area contributed by atoms with Gasteiger partial charge in [0.15, 0.2) is 7.05 Å². The fourth-order valence-corrected chi connectivity index (χ4v) is 3.78. The summed E-state index contributed by atoms with van der Waals surface area (Å²) in [5.74, 6) is -2.28. The van der Waals surface area contributed by atoms with Gasteiger partial charge in [-0.1, -0.05) is 28.0 Å². The fraction of sp³-hybridized carbons (Fsp3) is 0.105. The predicted molar refractivity (Wildman–Crippen MR) is 115 cm³/mol. The Balaban J connectivity index is 1.94. The molecule has 3 rings (SSSR count). The Morgan fingerprint density at radius 3 is 2.64 bits per heavy atom. The van der Waals surface area contributed by atoms with Crippen molar-refractivity contribution in [3.05, 3.63) is 50.3 Å². The molecule has 0 fully saturated rings. The van der Waals surface area contributed by atoms with Crippen LogP contribution < -0.4 is 21.4 Å². The molecule has 2 aromatic heterocycles. The van der Waals surface area contributed by atoms with Crippen molar-refractivity contribution in [3.63, 3.8) is 0 Å². The largest absolute Gasteiger partial charge is 0.478 e. The second-order valence-corrected chi connectivity index (χ2v) is 7.75. The van der Waals surface area contributed by atoms with E-state index in [2.05, 4.69) is 15.6 Å². The molecule has 1 amide bonds. The summed E-state index contributed by atoms with van der Waals surface area (Å²) in [4.78, 5) is 39.8. The van der Waals surface area contributed by atoms with E-state index in [4.69, 9.17) is 27.0 Å². The minimum atomic E-state index is -1.19. The first kappa shape index (κ1) is 23.3. The topological polar surface area (TPSA) is 203 Å². The van der Waals surface area contributed by atoms with Crippen LogP contribution in [0.5, 0.6) is 0 Å². The highest BCUT2D eigenvalue weighted by molar-refractivity contribution is 8.00. The Morgan fingerprint density at radius 1 is 1.36 bits per heavy atom. The van der Waals surface area contributed by atoms with E-state index >= 15 is 0 Å². The molecule has 0 unspecified atom stereocenters. The number of carboxylic acid groups (broad SMARTS) is 1. The number of H-pyrrole nitrogens is 1. The number of hydrogen-bond acceptors (Lipinski definition) is 9. The molecule has 0 aliphatic carbocycles. The lowest BCUT2D eigenvalue weighted by atomic mass is 10.0. The van der Waals surface area contributed by atoms with Crippen LogP contribution in [0.25, 0.3) is 11.3 Å². The third-order valence-corrected chi connectivity index (χ3v) is 5.59. The number of thioether (sulfide) groups is 1. The summed E-state index contributed by atoms with van der Waals surface area (Å²) in [5.41, 5.74) is 4.52. The Labute approximate surface area is 194 Å². The van der Waals surface area contributed by atoms with Crippen LogP contribution >= 0.6 is 23.4 Å². The molecule has 0 bridgehead atoms. The predicted octanol–water partition coefficient (Wildman–Crippen LogP) is 1.26. The number of carbonyl (C=O) groups excluding carboxylic acids is 1. The van der Waals surface area contributed by atoms with Crippen LogP contribution in [-0.2, 0) is 11.8 Å². The Morgan fingerprint density at radius 2 is 2.06 bits per heavy atom. The van der Waals surface area contributed by atoms with Gasteiger partial charge in [0.25, 0.3) is 0 Å². The number of carboxylic acids is 1. The molecule has 0 spiro atoms. The molecule has 0 saturated heterocycles. The third-order valence-electron chi connectivity index (χ3n) is 4.28. The van der Waals surface area contributed by atoms with Crippen LogP contribution in [0.3, 0.4) is 0 Å². The molecule has 12 nitrogen and oxygen atoms in total. The van der Waals surface area contributed by atoms with Crippen LogP contribution in [0, 0.1) is 22.7 Å². The first-order valence-corrected chi connectivity index (χ1v) is 10.2. The molecule has 14 heteroatoms. The highest BCUT2D eigenvalue weighted by Gasteiger charge is 2.31. The van der Waals surface area contributed by atoms with Crippen LogP contribution in [0.1, 0.15) is 21.5 Å². The number of carbonyl (C=O) groups is 2. The zero-order chi connectivity index (χ0) is 24.3. The minimum Gasteiger partial charge on any atom is -0.478 e. The van der Waals surface area contributed by atoms with Gasteiger partial charge in [-0.3, -0.25) is 9.32 Å². The number of aromatic carboxylic acids is 1. The number of nitrogen functional groups attached to an aromatic ring is 1. The van der Waals surface area contributed by atoms with Gasteiger partial charge in [-0.2, -0.15) is 10.5 Å². The minimum absolute atomic E-state index is 0.00475. The number of nitrogens with zero attached hydrogens (tertiary/aromatic N) is 4.